The van der Waals surface area contributed by atoms with Gasteiger partial charge in [-0.1, -0.05) is 31.9 Å². The van der Waals surface area contributed by atoms with Crippen molar-refractivity contribution in [2.45, 2.75) is 46.1 Å². The van der Waals surface area contributed by atoms with E-state index in [2.05, 4.69) is 33.8 Å². The van der Waals surface area contributed by atoms with Crippen molar-refractivity contribution >= 4 is 35.0 Å². The average Bonchev–Trinajstić information content (AvgIpc) is 3.04. The van der Waals surface area contributed by atoms with Gasteiger partial charge in [0.1, 0.15) is 5.65 Å². The highest BCUT2D eigenvalue weighted by atomic mass is 32.1. The molecule has 1 aliphatic carbocycles. The first-order valence-corrected chi connectivity index (χ1v) is 9.06. The van der Waals surface area contributed by atoms with E-state index in [9.17, 15) is 0 Å². The van der Waals surface area contributed by atoms with Crippen LogP contribution in [-0.2, 0) is 0 Å². The van der Waals surface area contributed by atoms with Crippen LogP contribution in [0, 0.1) is 12.3 Å². The van der Waals surface area contributed by atoms with E-state index in [-0.39, 0.29) is 0 Å². The van der Waals surface area contributed by atoms with Gasteiger partial charge in [0.15, 0.2) is 0 Å². The molecule has 1 aliphatic rings. The Bertz CT molecular complexity index is 749. The molecule has 0 radical (unpaired) electrons. The molecule has 0 bridgehead atoms. The summed E-state index contributed by atoms with van der Waals surface area (Å²) >= 11 is 4.02. The van der Waals surface area contributed by atoms with Crippen LogP contribution in [0.2, 0.25) is 0 Å². The molecule has 4 N–H and O–H groups in total. The van der Waals surface area contributed by atoms with Crippen LogP contribution in [0.5, 0.6) is 0 Å². The number of nitrogens with zero attached hydrogens (tertiary/aromatic N) is 1. The summed E-state index contributed by atoms with van der Waals surface area (Å²) in [7, 11) is 0. The van der Waals surface area contributed by atoms with Gasteiger partial charge in [0, 0.05) is 28.6 Å². The van der Waals surface area contributed by atoms with E-state index in [0.717, 1.165) is 27.3 Å². The molecule has 3 rings (SSSR count). The summed E-state index contributed by atoms with van der Waals surface area (Å²) in [6, 6.07) is 2.60. The quantitative estimate of drug-likeness (QED) is 0.349. The van der Waals surface area contributed by atoms with Crippen molar-refractivity contribution in [1.29, 1.82) is 0 Å². The van der Waals surface area contributed by atoms with E-state index in [4.69, 9.17) is 12.2 Å². The summed E-state index contributed by atoms with van der Waals surface area (Å²) in [5.74, 6) is 2.36. The molecule has 2 aromatic heterocycles. The van der Waals surface area contributed by atoms with Crippen LogP contribution in [0.4, 0.5) is 11.4 Å². The fourth-order valence-electron chi connectivity index (χ4n) is 2.25. The molecule has 1 saturated carbocycles. The number of nitrogens with one attached hydrogen (secondary N) is 2. The number of terminal acetylenes is 1. The molecule has 2 heterocycles. The number of anilines is 2. The molecule has 4 nitrogen and oxygen atoms in total. The Morgan fingerprint density at radius 2 is 2.20 bits per heavy atom. The standard InChI is InChI=1S/C11H14N4.C7H8S.C2H6/c12-9-6-14-11-8(4-5-13-11)10(9)15-7-2-1-3-7;1-3-5-7(8)6-4-2;1-2/h4-7H,1-3,12H2,(H2,13,14,15);1,4-6,8H,2H3;1-2H3/b;6-4-,7-5+;. The zero-order valence-corrected chi connectivity index (χ0v) is 16.1. The van der Waals surface area contributed by atoms with Crippen LogP contribution in [-0.4, -0.2) is 16.0 Å². The number of thiol groups is 1. The Morgan fingerprint density at radius 3 is 2.76 bits per heavy atom. The summed E-state index contributed by atoms with van der Waals surface area (Å²) in [5, 5.41) is 4.58. The lowest BCUT2D eigenvalue weighted by atomic mass is 9.93. The predicted octanol–water partition coefficient (Wildman–Crippen LogP) is 5.15. The van der Waals surface area contributed by atoms with Gasteiger partial charge in [-0.25, -0.2) is 4.98 Å². The zero-order valence-electron chi connectivity index (χ0n) is 15.2. The monoisotopic (exact) mass is 356 g/mol. The summed E-state index contributed by atoms with van der Waals surface area (Å²) < 4.78 is 0. The van der Waals surface area contributed by atoms with Gasteiger partial charge in [-0.3, -0.25) is 0 Å². The van der Waals surface area contributed by atoms with Gasteiger partial charge in [0.25, 0.3) is 0 Å². The van der Waals surface area contributed by atoms with Crippen LogP contribution in [0.1, 0.15) is 40.0 Å². The highest BCUT2D eigenvalue weighted by molar-refractivity contribution is 7.84. The van der Waals surface area contributed by atoms with Crippen molar-refractivity contribution in [3.8, 4) is 12.3 Å². The van der Waals surface area contributed by atoms with Crippen molar-refractivity contribution in [1.82, 2.24) is 9.97 Å². The van der Waals surface area contributed by atoms with Gasteiger partial charge in [0.2, 0.25) is 0 Å². The first kappa shape index (κ1) is 20.7. The van der Waals surface area contributed by atoms with E-state index in [1.807, 2.05) is 45.2 Å². The number of H-pyrrole nitrogens is 1. The number of allylic oxidation sites excluding steroid dienone is 3. The molecule has 0 amide bonds. The van der Waals surface area contributed by atoms with Gasteiger partial charge in [-0.15, -0.1) is 19.1 Å². The van der Waals surface area contributed by atoms with Crippen LogP contribution >= 0.6 is 12.6 Å². The SMILES string of the molecule is C#C/C=C(S)\C=C/C.CC.Nc1cnc2[nH]ccc2c1NC1CCC1. The lowest BCUT2D eigenvalue weighted by Crippen LogP contribution is -2.27. The molecule has 0 aromatic carbocycles. The smallest absolute Gasteiger partial charge is 0.139 e. The second-order valence-corrected chi connectivity index (χ2v) is 5.85. The maximum atomic E-state index is 5.93. The number of rotatable bonds is 3. The lowest BCUT2D eigenvalue weighted by molar-refractivity contribution is 0.446. The minimum absolute atomic E-state index is 0.591. The number of hydrogen-bond donors (Lipinski definition) is 4. The Balaban J connectivity index is 0.000000269. The largest absolute Gasteiger partial charge is 0.396 e. The number of nitrogen functional groups attached to an aromatic ring is 1. The Labute approximate surface area is 156 Å². The number of fused-ring (bicyclic) bond motifs is 1. The van der Waals surface area contributed by atoms with Crippen molar-refractivity contribution < 1.29 is 0 Å². The van der Waals surface area contributed by atoms with Crippen LogP contribution < -0.4 is 11.1 Å². The highest BCUT2D eigenvalue weighted by Crippen LogP contribution is 2.31. The van der Waals surface area contributed by atoms with Gasteiger partial charge in [-0.05, 0) is 32.3 Å². The van der Waals surface area contributed by atoms with Crippen molar-refractivity contribution in [2.75, 3.05) is 11.1 Å². The number of aromatic amines is 1. The maximum Gasteiger partial charge on any atom is 0.139 e. The fraction of sp³-hybridized carbons (Fsp3) is 0.350. The third-order valence-electron chi connectivity index (χ3n) is 3.64. The van der Waals surface area contributed by atoms with Gasteiger partial charge < -0.3 is 16.0 Å². The first-order chi connectivity index (χ1) is 12.2. The summed E-state index contributed by atoms with van der Waals surface area (Å²) in [4.78, 5) is 8.14. The summed E-state index contributed by atoms with van der Waals surface area (Å²) in [6.07, 6.45) is 17.7. The molecular weight excluding hydrogens is 328 g/mol. The number of aromatic nitrogens is 2. The molecule has 0 unspecified atom stereocenters. The van der Waals surface area contributed by atoms with Gasteiger partial charge >= 0.3 is 0 Å². The first-order valence-electron chi connectivity index (χ1n) is 8.61. The van der Waals surface area contributed by atoms with E-state index < -0.39 is 0 Å². The topological polar surface area (TPSA) is 66.7 Å². The van der Waals surface area contributed by atoms with Crippen molar-refractivity contribution in [3.63, 3.8) is 0 Å². The van der Waals surface area contributed by atoms with Crippen LogP contribution in [0.25, 0.3) is 11.0 Å². The van der Waals surface area contributed by atoms with E-state index in [1.54, 1.807) is 12.3 Å². The summed E-state index contributed by atoms with van der Waals surface area (Å²) in [6.45, 7) is 5.92. The molecule has 0 spiro atoms. The minimum Gasteiger partial charge on any atom is -0.396 e. The highest BCUT2D eigenvalue weighted by Gasteiger charge is 2.19. The molecule has 2 aromatic rings. The van der Waals surface area contributed by atoms with Gasteiger partial charge in [-0.2, -0.15) is 0 Å². The second kappa shape index (κ2) is 11.3. The third kappa shape index (κ3) is 6.24. The minimum atomic E-state index is 0.591. The Morgan fingerprint density at radius 1 is 1.48 bits per heavy atom. The fourth-order valence-corrected chi connectivity index (χ4v) is 2.47. The summed E-state index contributed by atoms with van der Waals surface area (Å²) in [5.41, 5.74) is 8.59. The number of pyridine rings is 1. The zero-order chi connectivity index (χ0) is 18.7. The predicted molar refractivity (Wildman–Crippen MR) is 114 cm³/mol. The molecule has 25 heavy (non-hydrogen) atoms. The Hall–Kier alpha value is -2.32. The average molecular weight is 357 g/mol. The number of hydrogen-bond acceptors (Lipinski definition) is 4. The molecule has 1 fully saturated rings. The lowest BCUT2D eigenvalue weighted by Gasteiger charge is -2.28. The molecule has 0 atom stereocenters. The normalized spacial score (nSPS) is 14.0. The Kier molecular flexibility index (Phi) is 9.34. The molecule has 134 valence electrons. The molecular formula is C20H28N4S. The maximum absolute atomic E-state index is 5.93. The van der Waals surface area contributed by atoms with Crippen LogP contribution in [0.3, 0.4) is 0 Å². The van der Waals surface area contributed by atoms with Crippen molar-refractivity contribution in [3.05, 3.63) is 41.6 Å². The van der Waals surface area contributed by atoms with Crippen LogP contribution in [0.15, 0.2) is 41.6 Å². The number of nitrogens with two attached hydrogens (primary N) is 1. The third-order valence-corrected chi connectivity index (χ3v) is 3.92. The molecule has 0 aliphatic heterocycles. The van der Waals surface area contributed by atoms with E-state index in [1.165, 1.54) is 19.3 Å². The van der Waals surface area contributed by atoms with Gasteiger partial charge in [0.05, 0.1) is 17.6 Å². The molecule has 5 heteroatoms. The van der Waals surface area contributed by atoms with Crippen molar-refractivity contribution in [2.24, 2.45) is 0 Å². The second-order valence-electron chi connectivity index (χ2n) is 5.34. The van der Waals surface area contributed by atoms with E-state index in [0.29, 0.717) is 6.04 Å². The van der Waals surface area contributed by atoms with E-state index >= 15 is 0 Å². The molecule has 0 saturated heterocycles.